The number of rotatable bonds is 3. The summed E-state index contributed by atoms with van der Waals surface area (Å²) < 4.78 is 0. The minimum absolute atomic E-state index is 0.00818. The van der Waals surface area contributed by atoms with Gasteiger partial charge in [0, 0.05) is 24.3 Å². The topological polar surface area (TPSA) is 59.2 Å². The Morgan fingerprint density at radius 1 is 1.61 bits per heavy atom. The molecule has 1 fully saturated rings. The molecular weight excluding hydrogens is 246 g/mol. The Kier molecular flexibility index (Phi) is 3.91. The lowest BCUT2D eigenvalue weighted by molar-refractivity contribution is 0.0727. The van der Waals surface area contributed by atoms with Gasteiger partial charge in [-0.25, -0.2) is 0 Å². The summed E-state index contributed by atoms with van der Waals surface area (Å²) in [6.45, 7) is 2.94. The molecule has 0 spiro atoms. The number of thiocarbonyl (C=S) groups is 1. The number of carbonyl (C=O) groups is 1. The van der Waals surface area contributed by atoms with Crippen molar-refractivity contribution in [2.24, 2.45) is 5.73 Å². The third kappa shape index (κ3) is 2.51. The van der Waals surface area contributed by atoms with Gasteiger partial charge in [-0.05, 0) is 31.4 Å². The Morgan fingerprint density at radius 3 is 2.94 bits per heavy atom. The van der Waals surface area contributed by atoms with Crippen LogP contribution in [-0.2, 0) is 0 Å². The van der Waals surface area contributed by atoms with Crippen molar-refractivity contribution in [1.82, 2.24) is 9.88 Å². The molecule has 1 atom stereocenters. The molecule has 1 aromatic rings. The number of nitrogens with zero attached hydrogens (tertiary/aromatic N) is 2. The first-order valence-electron chi connectivity index (χ1n) is 6.20. The zero-order chi connectivity index (χ0) is 13.1. The number of aromatic nitrogens is 1. The molecule has 0 radical (unpaired) electrons. The van der Waals surface area contributed by atoms with Crippen LogP contribution in [-0.4, -0.2) is 33.4 Å². The summed E-state index contributed by atoms with van der Waals surface area (Å²) in [7, 11) is 0. The van der Waals surface area contributed by atoms with E-state index in [1.807, 2.05) is 4.90 Å². The second-order valence-electron chi connectivity index (χ2n) is 4.50. The first-order chi connectivity index (χ1) is 8.63. The molecule has 18 heavy (non-hydrogen) atoms. The third-order valence-corrected chi connectivity index (χ3v) is 3.61. The van der Waals surface area contributed by atoms with Crippen LogP contribution in [0.1, 0.15) is 42.2 Å². The highest BCUT2D eigenvalue weighted by molar-refractivity contribution is 7.80. The van der Waals surface area contributed by atoms with Crippen LogP contribution in [0.5, 0.6) is 0 Å². The average molecular weight is 263 g/mol. The van der Waals surface area contributed by atoms with Crippen LogP contribution < -0.4 is 5.73 Å². The van der Waals surface area contributed by atoms with E-state index in [9.17, 15) is 4.79 Å². The van der Waals surface area contributed by atoms with E-state index in [1.54, 1.807) is 18.3 Å². The number of pyridine rings is 1. The molecule has 1 aliphatic heterocycles. The van der Waals surface area contributed by atoms with Gasteiger partial charge in [0.15, 0.2) is 0 Å². The van der Waals surface area contributed by atoms with Crippen molar-refractivity contribution in [2.75, 3.05) is 6.54 Å². The van der Waals surface area contributed by atoms with Gasteiger partial charge in [-0.2, -0.15) is 0 Å². The highest BCUT2D eigenvalue weighted by Crippen LogP contribution is 2.21. The minimum Gasteiger partial charge on any atom is -0.389 e. The first kappa shape index (κ1) is 13.0. The molecule has 2 N–H and O–H groups in total. The van der Waals surface area contributed by atoms with E-state index in [0.717, 1.165) is 25.8 Å². The Labute approximate surface area is 112 Å². The van der Waals surface area contributed by atoms with Gasteiger partial charge in [0.05, 0.1) is 0 Å². The largest absolute Gasteiger partial charge is 0.389 e. The molecule has 0 bridgehead atoms. The molecule has 2 heterocycles. The van der Waals surface area contributed by atoms with Crippen LogP contribution in [0.25, 0.3) is 0 Å². The number of hydrogen-bond donors (Lipinski definition) is 1. The standard InChI is InChI=1S/C13H17N3OS/c1-2-10-4-3-7-16(10)13(17)11-6-5-9(8-15-11)12(14)18/h5-6,8,10H,2-4,7H2,1H3,(H2,14,18). The summed E-state index contributed by atoms with van der Waals surface area (Å²) >= 11 is 4.86. The van der Waals surface area contributed by atoms with Crippen molar-refractivity contribution in [1.29, 1.82) is 0 Å². The van der Waals surface area contributed by atoms with E-state index in [-0.39, 0.29) is 5.91 Å². The van der Waals surface area contributed by atoms with E-state index in [1.165, 1.54) is 0 Å². The Morgan fingerprint density at radius 2 is 2.39 bits per heavy atom. The first-order valence-corrected chi connectivity index (χ1v) is 6.61. The normalized spacial score (nSPS) is 18.9. The van der Waals surface area contributed by atoms with Gasteiger partial charge in [0.25, 0.3) is 5.91 Å². The number of likely N-dealkylation sites (tertiary alicyclic amines) is 1. The van der Waals surface area contributed by atoms with Crippen molar-refractivity contribution < 1.29 is 4.79 Å². The van der Waals surface area contributed by atoms with E-state index in [2.05, 4.69) is 11.9 Å². The lowest BCUT2D eigenvalue weighted by Crippen LogP contribution is -2.35. The van der Waals surface area contributed by atoms with Crippen LogP contribution in [0.4, 0.5) is 0 Å². The zero-order valence-corrected chi connectivity index (χ0v) is 11.2. The molecule has 4 nitrogen and oxygen atoms in total. The highest BCUT2D eigenvalue weighted by Gasteiger charge is 2.28. The molecule has 1 saturated heterocycles. The summed E-state index contributed by atoms with van der Waals surface area (Å²) in [5, 5.41) is 0. The summed E-state index contributed by atoms with van der Waals surface area (Å²) in [4.78, 5) is 18.7. The van der Waals surface area contributed by atoms with Crippen molar-refractivity contribution in [3.05, 3.63) is 29.6 Å². The fraction of sp³-hybridized carbons (Fsp3) is 0.462. The number of hydrogen-bond acceptors (Lipinski definition) is 3. The highest BCUT2D eigenvalue weighted by atomic mass is 32.1. The zero-order valence-electron chi connectivity index (χ0n) is 10.4. The molecule has 2 rings (SSSR count). The molecule has 1 aromatic heterocycles. The predicted octanol–water partition coefficient (Wildman–Crippen LogP) is 1.73. The molecule has 1 aliphatic rings. The number of amides is 1. The molecule has 0 aliphatic carbocycles. The van der Waals surface area contributed by atoms with Crippen LogP contribution in [0.15, 0.2) is 18.3 Å². The van der Waals surface area contributed by atoms with E-state index in [0.29, 0.717) is 22.3 Å². The molecule has 0 saturated carbocycles. The second kappa shape index (κ2) is 5.44. The fourth-order valence-corrected chi connectivity index (χ4v) is 2.46. The molecule has 1 unspecified atom stereocenters. The SMILES string of the molecule is CCC1CCCN1C(=O)c1ccc(C(N)=S)cn1. The minimum atomic E-state index is 0.00818. The van der Waals surface area contributed by atoms with E-state index in [4.69, 9.17) is 18.0 Å². The molecular formula is C13H17N3OS. The van der Waals surface area contributed by atoms with Crippen molar-refractivity contribution >= 4 is 23.1 Å². The van der Waals surface area contributed by atoms with Gasteiger partial charge in [0.2, 0.25) is 0 Å². The average Bonchev–Trinajstić information content (AvgIpc) is 2.86. The van der Waals surface area contributed by atoms with Crippen molar-refractivity contribution in [3.8, 4) is 0 Å². The monoisotopic (exact) mass is 263 g/mol. The van der Waals surface area contributed by atoms with Crippen LogP contribution >= 0.6 is 12.2 Å². The predicted molar refractivity (Wildman–Crippen MR) is 74.5 cm³/mol. The smallest absolute Gasteiger partial charge is 0.272 e. The second-order valence-corrected chi connectivity index (χ2v) is 4.94. The van der Waals surface area contributed by atoms with E-state index >= 15 is 0 Å². The van der Waals surface area contributed by atoms with Gasteiger partial charge in [-0.3, -0.25) is 9.78 Å². The number of nitrogens with two attached hydrogens (primary N) is 1. The van der Waals surface area contributed by atoms with Gasteiger partial charge < -0.3 is 10.6 Å². The summed E-state index contributed by atoms with van der Waals surface area (Å²) in [6.07, 6.45) is 4.73. The summed E-state index contributed by atoms with van der Waals surface area (Å²) in [6, 6.07) is 3.80. The van der Waals surface area contributed by atoms with Crippen molar-refractivity contribution in [3.63, 3.8) is 0 Å². The molecule has 0 aromatic carbocycles. The molecule has 1 amide bonds. The van der Waals surface area contributed by atoms with Gasteiger partial charge in [0.1, 0.15) is 10.7 Å². The lowest BCUT2D eigenvalue weighted by Gasteiger charge is -2.23. The Hall–Kier alpha value is -1.49. The molecule has 96 valence electrons. The Bertz CT molecular complexity index is 458. The van der Waals surface area contributed by atoms with E-state index < -0.39 is 0 Å². The maximum Gasteiger partial charge on any atom is 0.272 e. The fourth-order valence-electron chi connectivity index (χ4n) is 2.34. The Balaban J connectivity index is 2.16. The summed E-state index contributed by atoms with van der Waals surface area (Å²) in [5.41, 5.74) is 6.66. The van der Waals surface area contributed by atoms with Crippen molar-refractivity contribution in [2.45, 2.75) is 32.2 Å². The van der Waals surface area contributed by atoms with Gasteiger partial charge >= 0.3 is 0 Å². The maximum absolute atomic E-state index is 12.3. The van der Waals surface area contributed by atoms with Crippen LogP contribution in [0.2, 0.25) is 0 Å². The lowest BCUT2D eigenvalue weighted by atomic mass is 10.1. The van der Waals surface area contributed by atoms with Crippen LogP contribution in [0.3, 0.4) is 0 Å². The quantitative estimate of drug-likeness (QED) is 0.844. The van der Waals surface area contributed by atoms with Gasteiger partial charge in [-0.15, -0.1) is 0 Å². The maximum atomic E-state index is 12.3. The number of carbonyl (C=O) groups excluding carboxylic acids is 1. The third-order valence-electron chi connectivity index (χ3n) is 3.38. The van der Waals surface area contributed by atoms with Gasteiger partial charge in [-0.1, -0.05) is 19.1 Å². The summed E-state index contributed by atoms with van der Waals surface area (Å²) in [5.74, 6) is 0.00818. The molecule has 5 heteroatoms. The van der Waals surface area contributed by atoms with Crippen LogP contribution in [0, 0.1) is 0 Å².